The fourth-order valence-corrected chi connectivity index (χ4v) is 3.35. The first-order valence-electron chi connectivity index (χ1n) is 7.03. The highest BCUT2D eigenvalue weighted by atomic mass is 32.1. The predicted octanol–water partition coefficient (Wildman–Crippen LogP) is 3.43. The van der Waals surface area contributed by atoms with E-state index in [-0.39, 0.29) is 0 Å². The molecule has 0 bridgehead atoms. The first-order chi connectivity index (χ1) is 9.13. The smallest absolute Gasteiger partial charge is 0.127 e. The molecule has 2 aromatic heterocycles. The van der Waals surface area contributed by atoms with E-state index in [0.717, 1.165) is 17.7 Å². The molecule has 4 heteroatoms. The van der Waals surface area contributed by atoms with E-state index >= 15 is 0 Å². The van der Waals surface area contributed by atoms with Crippen LogP contribution in [0.1, 0.15) is 37.8 Å². The number of likely N-dealkylation sites (N-methyl/N-ethyl adjacent to an activating group) is 1. The highest BCUT2D eigenvalue weighted by Crippen LogP contribution is 2.26. The lowest BCUT2D eigenvalue weighted by Crippen LogP contribution is -2.29. The second-order valence-corrected chi connectivity index (χ2v) is 6.54. The van der Waals surface area contributed by atoms with Gasteiger partial charge in [-0.15, -0.1) is 11.3 Å². The van der Waals surface area contributed by atoms with Gasteiger partial charge in [-0.2, -0.15) is 0 Å². The Labute approximate surface area is 119 Å². The van der Waals surface area contributed by atoms with Crippen LogP contribution in [-0.4, -0.2) is 23.1 Å². The summed E-state index contributed by atoms with van der Waals surface area (Å²) >= 11 is 1.79. The van der Waals surface area contributed by atoms with E-state index in [0.29, 0.717) is 12.0 Å². The minimum atomic E-state index is 0.489. The van der Waals surface area contributed by atoms with Crippen LogP contribution in [0.3, 0.4) is 0 Å². The summed E-state index contributed by atoms with van der Waals surface area (Å²) in [7, 11) is 2.04. The average Bonchev–Trinajstić information content (AvgIpc) is 2.81. The highest BCUT2D eigenvalue weighted by molar-refractivity contribution is 7.18. The van der Waals surface area contributed by atoms with Gasteiger partial charge in [-0.3, -0.25) is 0 Å². The lowest BCUT2D eigenvalue weighted by molar-refractivity contribution is 0.439. The summed E-state index contributed by atoms with van der Waals surface area (Å²) in [6.45, 7) is 6.71. The zero-order valence-electron chi connectivity index (χ0n) is 12.2. The van der Waals surface area contributed by atoms with Gasteiger partial charge in [0.25, 0.3) is 0 Å². The summed E-state index contributed by atoms with van der Waals surface area (Å²) < 4.78 is 0. The predicted molar refractivity (Wildman–Crippen MR) is 82.8 cm³/mol. The van der Waals surface area contributed by atoms with Crippen LogP contribution in [0.2, 0.25) is 0 Å². The molecule has 19 heavy (non-hydrogen) atoms. The van der Waals surface area contributed by atoms with Crippen LogP contribution in [0.15, 0.2) is 12.4 Å². The molecular weight excluding hydrogens is 254 g/mol. The fourth-order valence-electron chi connectivity index (χ4n) is 2.40. The quantitative estimate of drug-likeness (QED) is 0.879. The van der Waals surface area contributed by atoms with Crippen molar-refractivity contribution in [1.82, 2.24) is 15.3 Å². The van der Waals surface area contributed by atoms with Crippen LogP contribution in [-0.2, 0) is 12.8 Å². The zero-order valence-corrected chi connectivity index (χ0v) is 13.0. The maximum absolute atomic E-state index is 4.51. The monoisotopic (exact) mass is 277 g/mol. The average molecular weight is 277 g/mol. The Kier molecular flexibility index (Phi) is 4.88. The van der Waals surface area contributed by atoms with E-state index in [1.165, 1.54) is 22.4 Å². The van der Waals surface area contributed by atoms with Gasteiger partial charge >= 0.3 is 0 Å². The number of fused-ring (bicyclic) bond motifs is 1. The molecule has 2 aromatic rings. The van der Waals surface area contributed by atoms with Crippen molar-refractivity contribution in [3.63, 3.8) is 0 Å². The number of hydrogen-bond acceptors (Lipinski definition) is 4. The van der Waals surface area contributed by atoms with Crippen molar-refractivity contribution >= 4 is 21.6 Å². The van der Waals surface area contributed by atoms with Crippen molar-refractivity contribution in [2.75, 3.05) is 7.05 Å². The summed E-state index contributed by atoms with van der Waals surface area (Å²) in [5.74, 6) is 0.698. The number of aromatic nitrogens is 2. The summed E-state index contributed by atoms with van der Waals surface area (Å²) in [6, 6.07) is 2.75. The molecule has 0 fully saturated rings. The normalized spacial score (nSPS) is 13.3. The summed E-state index contributed by atoms with van der Waals surface area (Å²) in [4.78, 5) is 11.4. The van der Waals surface area contributed by atoms with Crippen LogP contribution < -0.4 is 5.32 Å². The lowest BCUT2D eigenvalue weighted by Gasteiger charge is -2.18. The van der Waals surface area contributed by atoms with Gasteiger partial charge in [0.1, 0.15) is 11.2 Å². The van der Waals surface area contributed by atoms with Crippen LogP contribution >= 0.6 is 11.3 Å². The molecule has 0 aliphatic rings. The number of hydrogen-bond donors (Lipinski definition) is 1. The Balaban J connectivity index is 2.26. The first kappa shape index (κ1) is 14.4. The van der Waals surface area contributed by atoms with Crippen molar-refractivity contribution < 1.29 is 0 Å². The van der Waals surface area contributed by atoms with Gasteiger partial charge in [0.15, 0.2) is 0 Å². The maximum Gasteiger partial charge on any atom is 0.127 e. The Morgan fingerprint density at radius 3 is 2.74 bits per heavy atom. The molecule has 3 nitrogen and oxygen atoms in total. The van der Waals surface area contributed by atoms with Crippen LogP contribution in [0.4, 0.5) is 0 Å². The standard InChI is InChI=1S/C15H23N3S/c1-5-12-8-13-14(17-9-18-15(13)19-12)7-11(16-4)6-10(2)3/h8-11,16H,5-7H2,1-4H3. The lowest BCUT2D eigenvalue weighted by atomic mass is 9.99. The van der Waals surface area contributed by atoms with Crippen LogP contribution in [0.25, 0.3) is 10.2 Å². The van der Waals surface area contributed by atoms with Gasteiger partial charge in [-0.05, 0) is 31.9 Å². The number of nitrogens with one attached hydrogen (secondary N) is 1. The third-order valence-electron chi connectivity index (χ3n) is 3.42. The third kappa shape index (κ3) is 3.51. The Morgan fingerprint density at radius 2 is 2.11 bits per heavy atom. The molecule has 0 aromatic carbocycles. The number of thiophene rings is 1. The SMILES string of the molecule is CCc1cc2c(CC(CC(C)C)NC)ncnc2s1. The summed E-state index contributed by atoms with van der Waals surface area (Å²) in [6.07, 6.45) is 4.93. The molecule has 0 aliphatic heterocycles. The molecular formula is C15H23N3S. The van der Waals surface area contributed by atoms with Crippen LogP contribution in [0, 0.1) is 5.92 Å². The highest BCUT2D eigenvalue weighted by Gasteiger charge is 2.14. The Bertz CT molecular complexity index is 533. The maximum atomic E-state index is 4.51. The number of nitrogens with zero attached hydrogens (tertiary/aromatic N) is 2. The Morgan fingerprint density at radius 1 is 1.32 bits per heavy atom. The van der Waals surface area contributed by atoms with E-state index in [1.54, 1.807) is 17.7 Å². The minimum Gasteiger partial charge on any atom is -0.317 e. The van der Waals surface area contributed by atoms with Crippen molar-refractivity contribution in [2.45, 2.75) is 46.1 Å². The van der Waals surface area contributed by atoms with Crippen molar-refractivity contribution in [3.8, 4) is 0 Å². The van der Waals surface area contributed by atoms with Gasteiger partial charge in [-0.25, -0.2) is 9.97 Å². The molecule has 0 saturated carbocycles. The van der Waals surface area contributed by atoms with E-state index < -0.39 is 0 Å². The van der Waals surface area contributed by atoms with Gasteiger partial charge in [0.05, 0.1) is 5.69 Å². The van der Waals surface area contributed by atoms with E-state index in [1.807, 2.05) is 7.05 Å². The van der Waals surface area contributed by atoms with Gasteiger partial charge < -0.3 is 5.32 Å². The zero-order chi connectivity index (χ0) is 13.8. The molecule has 0 amide bonds. The largest absolute Gasteiger partial charge is 0.317 e. The molecule has 1 atom stereocenters. The van der Waals surface area contributed by atoms with Crippen molar-refractivity contribution in [1.29, 1.82) is 0 Å². The fraction of sp³-hybridized carbons (Fsp3) is 0.600. The second kappa shape index (κ2) is 6.44. The van der Waals surface area contributed by atoms with Crippen LogP contribution in [0.5, 0.6) is 0 Å². The van der Waals surface area contributed by atoms with Crippen molar-refractivity contribution in [3.05, 3.63) is 23.0 Å². The molecule has 2 heterocycles. The minimum absolute atomic E-state index is 0.489. The molecule has 0 saturated heterocycles. The van der Waals surface area contributed by atoms with Crippen molar-refractivity contribution in [2.24, 2.45) is 5.92 Å². The molecule has 1 unspecified atom stereocenters. The Hall–Kier alpha value is -1.00. The number of aryl methyl sites for hydroxylation is 1. The molecule has 104 valence electrons. The summed E-state index contributed by atoms with van der Waals surface area (Å²) in [5.41, 5.74) is 1.18. The van der Waals surface area contributed by atoms with Gasteiger partial charge in [0.2, 0.25) is 0 Å². The third-order valence-corrected chi connectivity index (χ3v) is 4.60. The molecule has 2 rings (SSSR count). The molecule has 0 aliphatic carbocycles. The van der Waals surface area contributed by atoms with E-state index in [4.69, 9.17) is 0 Å². The first-order valence-corrected chi connectivity index (χ1v) is 7.85. The second-order valence-electron chi connectivity index (χ2n) is 5.42. The molecule has 1 N–H and O–H groups in total. The van der Waals surface area contributed by atoms with Gasteiger partial charge in [-0.1, -0.05) is 20.8 Å². The summed E-state index contributed by atoms with van der Waals surface area (Å²) in [5, 5.41) is 4.65. The van der Waals surface area contributed by atoms with Gasteiger partial charge in [0, 0.05) is 22.7 Å². The van der Waals surface area contributed by atoms with E-state index in [2.05, 4.69) is 42.1 Å². The molecule has 0 radical (unpaired) electrons. The van der Waals surface area contributed by atoms with E-state index in [9.17, 15) is 0 Å². The molecule has 0 spiro atoms. The topological polar surface area (TPSA) is 37.8 Å². The number of rotatable bonds is 6.